The van der Waals surface area contributed by atoms with Crippen molar-refractivity contribution in [1.29, 1.82) is 0 Å². The highest BCUT2D eigenvalue weighted by molar-refractivity contribution is 5.79. The summed E-state index contributed by atoms with van der Waals surface area (Å²) in [5.74, 6) is 2.17. The zero-order chi connectivity index (χ0) is 22.2. The number of carbonyl (C=O) groups is 1. The molecule has 0 saturated carbocycles. The summed E-state index contributed by atoms with van der Waals surface area (Å²) in [6, 6.07) is 18.3. The molecule has 0 spiro atoms. The van der Waals surface area contributed by atoms with Crippen molar-refractivity contribution in [2.45, 2.75) is 32.6 Å². The van der Waals surface area contributed by atoms with Crippen LogP contribution in [0.4, 0.5) is 5.82 Å². The summed E-state index contributed by atoms with van der Waals surface area (Å²) in [5, 5.41) is 3.12. The van der Waals surface area contributed by atoms with Gasteiger partial charge in [0.1, 0.15) is 5.75 Å². The Kier molecular flexibility index (Phi) is 7.33. The van der Waals surface area contributed by atoms with Crippen LogP contribution in [0.2, 0.25) is 0 Å². The zero-order valence-electron chi connectivity index (χ0n) is 18.5. The molecule has 6 heteroatoms. The molecule has 32 heavy (non-hydrogen) atoms. The van der Waals surface area contributed by atoms with E-state index >= 15 is 0 Å². The van der Waals surface area contributed by atoms with Gasteiger partial charge in [-0.1, -0.05) is 48.0 Å². The SMILES string of the molecule is Cc1ccc(Oc2nccnc2N2CCC(C(=O)NCCCc3ccccc3)CC2)cc1. The molecule has 6 nitrogen and oxygen atoms in total. The number of benzene rings is 2. The number of rotatable bonds is 8. The third-order valence-corrected chi connectivity index (χ3v) is 5.83. The third-order valence-electron chi connectivity index (χ3n) is 5.83. The average Bonchev–Trinajstić information content (AvgIpc) is 2.84. The maximum Gasteiger partial charge on any atom is 0.263 e. The number of anilines is 1. The van der Waals surface area contributed by atoms with E-state index < -0.39 is 0 Å². The maximum atomic E-state index is 12.6. The van der Waals surface area contributed by atoms with Crippen molar-refractivity contribution in [3.8, 4) is 11.6 Å². The van der Waals surface area contributed by atoms with E-state index in [4.69, 9.17) is 4.74 Å². The van der Waals surface area contributed by atoms with Crippen LogP contribution in [0.3, 0.4) is 0 Å². The van der Waals surface area contributed by atoms with E-state index in [0.29, 0.717) is 12.4 Å². The van der Waals surface area contributed by atoms with Crippen LogP contribution in [-0.4, -0.2) is 35.5 Å². The van der Waals surface area contributed by atoms with Crippen LogP contribution in [0, 0.1) is 12.8 Å². The average molecular weight is 431 g/mol. The van der Waals surface area contributed by atoms with Gasteiger partial charge in [-0.15, -0.1) is 0 Å². The highest BCUT2D eigenvalue weighted by Crippen LogP contribution is 2.31. The lowest BCUT2D eigenvalue weighted by Crippen LogP contribution is -2.41. The fourth-order valence-electron chi connectivity index (χ4n) is 3.97. The van der Waals surface area contributed by atoms with Gasteiger partial charge >= 0.3 is 0 Å². The molecule has 0 atom stereocenters. The number of carbonyl (C=O) groups excluding carboxylic acids is 1. The Hall–Kier alpha value is -3.41. The highest BCUT2D eigenvalue weighted by atomic mass is 16.5. The predicted octanol–water partition coefficient (Wildman–Crippen LogP) is 4.54. The first-order valence-electron chi connectivity index (χ1n) is 11.3. The number of nitrogens with zero attached hydrogens (tertiary/aromatic N) is 3. The number of hydrogen-bond donors (Lipinski definition) is 1. The summed E-state index contributed by atoms with van der Waals surface area (Å²) in [7, 11) is 0. The zero-order valence-corrected chi connectivity index (χ0v) is 18.5. The smallest absolute Gasteiger partial charge is 0.263 e. The standard InChI is InChI=1S/C26H30N4O2/c1-20-9-11-23(12-10-20)32-26-24(27-16-17-29-26)30-18-13-22(14-19-30)25(31)28-15-5-8-21-6-3-2-4-7-21/h2-4,6-7,9-12,16-17,22H,5,8,13-15,18-19H2,1H3,(H,28,31). The minimum Gasteiger partial charge on any atom is -0.436 e. The molecule has 0 unspecified atom stereocenters. The van der Waals surface area contributed by atoms with Crippen LogP contribution in [0.5, 0.6) is 11.6 Å². The van der Waals surface area contributed by atoms with E-state index in [-0.39, 0.29) is 11.8 Å². The molecule has 1 N–H and O–H groups in total. The largest absolute Gasteiger partial charge is 0.436 e. The van der Waals surface area contributed by atoms with Crippen molar-refractivity contribution in [3.63, 3.8) is 0 Å². The van der Waals surface area contributed by atoms with E-state index in [9.17, 15) is 4.79 Å². The molecule has 0 radical (unpaired) electrons. The van der Waals surface area contributed by atoms with Crippen LogP contribution in [0.25, 0.3) is 0 Å². The molecule has 4 rings (SSSR count). The predicted molar refractivity (Wildman–Crippen MR) is 126 cm³/mol. The first kappa shape index (κ1) is 21.8. The van der Waals surface area contributed by atoms with Crippen LogP contribution in [-0.2, 0) is 11.2 Å². The van der Waals surface area contributed by atoms with Crippen LogP contribution in [0.1, 0.15) is 30.4 Å². The Morgan fingerprint density at radius 2 is 1.75 bits per heavy atom. The lowest BCUT2D eigenvalue weighted by atomic mass is 9.96. The van der Waals surface area contributed by atoms with E-state index in [2.05, 4.69) is 44.5 Å². The lowest BCUT2D eigenvalue weighted by Gasteiger charge is -2.32. The molecule has 0 aliphatic carbocycles. The summed E-state index contributed by atoms with van der Waals surface area (Å²) in [6.45, 7) is 4.27. The van der Waals surface area contributed by atoms with Gasteiger partial charge in [0.05, 0.1) is 0 Å². The van der Waals surface area contributed by atoms with Crippen molar-refractivity contribution >= 4 is 11.7 Å². The molecule has 2 heterocycles. The fraction of sp³-hybridized carbons (Fsp3) is 0.346. The minimum atomic E-state index is 0.0427. The molecule has 3 aromatic rings. The van der Waals surface area contributed by atoms with E-state index in [1.807, 2.05) is 37.3 Å². The van der Waals surface area contributed by atoms with Gasteiger partial charge < -0.3 is 15.0 Å². The normalized spacial score (nSPS) is 14.2. The number of amides is 1. The second-order valence-electron chi connectivity index (χ2n) is 8.24. The van der Waals surface area contributed by atoms with Gasteiger partial charge in [0.15, 0.2) is 5.82 Å². The summed E-state index contributed by atoms with van der Waals surface area (Å²) >= 11 is 0. The van der Waals surface area contributed by atoms with Crippen molar-refractivity contribution in [2.24, 2.45) is 5.92 Å². The first-order valence-corrected chi connectivity index (χ1v) is 11.3. The molecule has 2 aromatic carbocycles. The van der Waals surface area contributed by atoms with Gasteiger partial charge in [0.2, 0.25) is 5.91 Å². The molecule has 1 fully saturated rings. The van der Waals surface area contributed by atoms with E-state index in [1.165, 1.54) is 11.1 Å². The second-order valence-corrected chi connectivity index (χ2v) is 8.24. The third kappa shape index (κ3) is 5.84. The van der Waals surface area contributed by atoms with Gasteiger partial charge in [0, 0.05) is 37.9 Å². The molecule has 166 valence electrons. The van der Waals surface area contributed by atoms with E-state index in [0.717, 1.165) is 50.3 Å². The molecule has 1 amide bonds. The maximum absolute atomic E-state index is 12.6. The molecule has 1 aromatic heterocycles. The Labute approximate surface area is 189 Å². The minimum absolute atomic E-state index is 0.0427. The van der Waals surface area contributed by atoms with Crippen molar-refractivity contribution in [1.82, 2.24) is 15.3 Å². The van der Waals surface area contributed by atoms with Crippen molar-refractivity contribution in [3.05, 3.63) is 78.1 Å². The number of ether oxygens (including phenoxy) is 1. The molecule has 0 bridgehead atoms. The Morgan fingerprint density at radius 3 is 2.50 bits per heavy atom. The van der Waals surface area contributed by atoms with E-state index in [1.54, 1.807) is 12.4 Å². The molecule has 1 aliphatic heterocycles. The van der Waals surface area contributed by atoms with Crippen LogP contribution in [0.15, 0.2) is 67.0 Å². The number of piperidine rings is 1. The first-order chi connectivity index (χ1) is 15.7. The summed E-state index contributed by atoms with van der Waals surface area (Å²) < 4.78 is 6.00. The number of aryl methyl sites for hydroxylation is 2. The number of hydrogen-bond acceptors (Lipinski definition) is 5. The van der Waals surface area contributed by atoms with Crippen LogP contribution < -0.4 is 15.0 Å². The van der Waals surface area contributed by atoms with Crippen LogP contribution >= 0.6 is 0 Å². The Bertz CT molecular complexity index is 1000. The van der Waals surface area contributed by atoms with Gasteiger partial charge in [0.25, 0.3) is 5.88 Å². The Balaban J connectivity index is 1.26. The second kappa shape index (κ2) is 10.8. The number of nitrogens with one attached hydrogen (secondary N) is 1. The molecular weight excluding hydrogens is 400 g/mol. The van der Waals surface area contributed by atoms with Crippen molar-refractivity contribution in [2.75, 3.05) is 24.5 Å². The lowest BCUT2D eigenvalue weighted by molar-refractivity contribution is -0.125. The molecular formula is C26H30N4O2. The fourth-order valence-corrected chi connectivity index (χ4v) is 3.97. The van der Waals surface area contributed by atoms with Gasteiger partial charge in [-0.3, -0.25) is 4.79 Å². The van der Waals surface area contributed by atoms with Gasteiger partial charge in [-0.05, 0) is 50.3 Å². The number of aromatic nitrogens is 2. The van der Waals surface area contributed by atoms with Gasteiger partial charge in [-0.2, -0.15) is 0 Å². The summed E-state index contributed by atoms with van der Waals surface area (Å²) in [6.07, 6.45) is 6.85. The summed E-state index contributed by atoms with van der Waals surface area (Å²) in [5.41, 5.74) is 2.49. The summed E-state index contributed by atoms with van der Waals surface area (Å²) in [4.78, 5) is 23.7. The van der Waals surface area contributed by atoms with Crippen molar-refractivity contribution < 1.29 is 9.53 Å². The Morgan fingerprint density at radius 1 is 1.03 bits per heavy atom. The topological polar surface area (TPSA) is 67.4 Å². The highest BCUT2D eigenvalue weighted by Gasteiger charge is 2.27. The molecule has 1 saturated heterocycles. The van der Waals surface area contributed by atoms with Gasteiger partial charge in [-0.25, -0.2) is 9.97 Å². The quantitative estimate of drug-likeness (QED) is 0.532. The monoisotopic (exact) mass is 430 g/mol. The molecule has 1 aliphatic rings.